The van der Waals surface area contributed by atoms with E-state index < -0.39 is 0 Å². The van der Waals surface area contributed by atoms with Gasteiger partial charge in [-0.1, -0.05) is 18.7 Å². The number of aromatic nitrogens is 3. The maximum Gasteiger partial charge on any atom is 0.166 e. The van der Waals surface area contributed by atoms with Crippen molar-refractivity contribution in [2.45, 2.75) is 26.4 Å². The number of rotatable bonds is 9. The van der Waals surface area contributed by atoms with Gasteiger partial charge in [-0.25, -0.2) is 9.67 Å². The summed E-state index contributed by atoms with van der Waals surface area (Å²) in [6, 6.07) is 6.12. The molecule has 0 aliphatic rings. The SMILES string of the molecule is C=C(C)COc1c(CNC[C@@H](C)n2cncn2)cccc1OC. The van der Waals surface area contributed by atoms with E-state index >= 15 is 0 Å². The second-order valence-corrected chi connectivity index (χ2v) is 5.55. The summed E-state index contributed by atoms with van der Waals surface area (Å²) in [6.07, 6.45) is 3.27. The summed E-state index contributed by atoms with van der Waals surface area (Å²) in [6.45, 7) is 9.83. The van der Waals surface area contributed by atoms with Gasteiger partial charge in [-0.2, -0.15) is 5.10 Å². The van der Waals surface area contributed by atoms with Crippen LogP contribution in [-0.2, 0) is 6.54 Å². The van der Waals surface area contributed by atoms with Gasteiger partial charge in [0.15, 0.2) is 11.5 Å². The molecule has 1 aromatic carbocycles. The molecular weight excluding hydrogens is 292 g/mol. The van der Waals surface area contributed by atoms with Gasteiger partial charge < -0.3 is 14.8 Å². The Morgan fingerprint density at radius 3 is 2.91 bits per heavy atom. The molecule has 0 radical (unpaired) electrons. The Labute approximate surface area is 137 Å². The van der Waals surface area contributed by atoms with Gasteiger partial charge in [-0.3, -0.25) is 0 Å². The molecule has 0 unspecified atom stereocenters. The van der Waals surface area contributed by atoms with Crippen molar-refractivity contribution >= 4 is 0 Å². The fraction of sp³-hybridized carbons (Fsp3) is 0.412. The molecule has 0 fully saturated rings. The molecule has 0 amide bonds. The number of nitrogens with zero attached hydrogens (tertiary/aromatic N) is 3. The van der Waals surface area contributed by atoms with Crippen molar-refractivity contribution < 1.29 is 9.47 Å². The summed E-state index contributed by atoms with van der Waals surface area (Å²) in [5.74, 6) is 1.49. The van der Waals surface area contributed by atoms with Crippen LogP contribution in [0.4, 0.5) is 0 Å². The zero-order valence-corrected chi connectivity index (χ0v) is 14.0. The van der Waals surface area contributed by atoms with Gasteiger partial charge in [-0.15, -0.1) is 0 Å². The molecule has 0 spiro atoms. The van der Waals surface area contributed by atoms with Crippen LogP contribution in [0.15, 0.2) is 43.0 Å². The highest BCUT2D eigenvalue weighted by molar-refractivity contribution is 5.46. The monoisotopic (exact) mass is 316 g/mol. The molecule has 1 atom stereocenters. The Morgan fingerprint density at radius 1 is 1.43 bits per heavy atom. The van der Waals surface area contributed by atoms with Gasteiger partial charge in [-0.05, 0) is 25.5 Å². The average molecular weight is 316 g/mol. The van der Waals surface area contributed by atoms with Crippen LogP contribution in [0.5, 0.6) is 11.5 Å². The Bertz CT molecular complexity index is 626. The number of methoxy groups -OCH3 is 1. The van der Waals surface area contributed by atoms with E-state index in [1.165, 1.54) is 0 Å². The minimum Gasteiger partial charge on any atom is -0.493 e. The van der Waals surface area contributed by atoms with Gasteiger partial charge in [0.1, 0.15) is 19.3 Å². The lowest BCUT2D eigenvalue weighted by Crippen LogP contribution is -2.24. The van der Waals surface area contributed by atoms with Crippen molar-refractivity contribution in [3.63, 3.8) is 0 Å². The normalized spacial score (nSPS) is 12.0. The third-order valence-electron chi connectivity index (χ3n) is 3.39. The molecule has 1 heterocycles. The number of ether oxygens (including phenoxy) is 2. The van der Waals surface area contributed by atoms with E-state index in [0.717, 1.165) is 29.2 Å². The predicted molar refractivity (Wildman–Crippen MR) is 89.7 cm³/mol. The molecule has 0 bridgehead atoms. The summed E-state index contributed by atoms with van der Waals surface area (Å²) in [4.78, 5) is 3.97. The number of nitrogens with one attached hydrogen (secondary N) is 1. The second kappa shape index (κ2) is 8.33. The summed E-state index contributed by atoms with van der Waals surface area (Å²) in [5, 5.41) is 7.57. The van der Waals surface area contributed by atoms with Crippen LogP contribution in [0.25, 0.3) is 0 Å². The van der Waals surface area contributed by atoms with Crippen LogP contribution in [0.1, 0.15) is 25.5 Å². The van der Waals surface area contributed by atoms with Crippen molar-refractivity contribution in [3.05, 3.63) is 48.6 Å². The van der Waals surface area contributed by atoms with Crippen LogP contribution in [-0.4, -0.2) is 35.0 Å². The first-order chi connectivity index (χ1) is 11.1. The van der Waals surface area contributed by atoms with Crippen LogP contribution >= 0.6 is 0 Å². The number of para-hydroxylation sites is 1. The quantitative estimate of drug-likeness (QED) is 0.721. The predicted octanol–water partition coefficient (Wildman–Crippen LogP) is 2.59. The van der Waals surface area contributed by atoms with Gasteiger partial charge in [0.2, 0.25) is 0 Å². The molecule has 6 heteroatoms. The largest absolute Gasteiger partial charge is 0.493 e. The third-order valence-corrected chi connectivity index (χ3v) is 3.39. The van der Waals surface area contributed by atoms with Crippen LogP contribution < -0.4 is 14.8 Å². The molecule has 2 aromatic rings. The fourth-order valence-corrected chi connectivity index (χ4v) is 2.17. The molecule has 124 valence electrons. The lowest BCUT2D eigenvalue weighted by atomic mass is 10.1. The third kappa shape index (κ3) is 4.82. The maximum absolute atomic E-state index is 5.86. The van der Waals surface area contributed by atoms with E-state index in [2.05, 4.69) is 28.9 Å². The van der Waals surface area contributed by atoms with Crippen LogP contribution in [0.2, 0.25) is 0 Å². The Kier molecular flexibility index (Phi) is 6.17. The molecule has 1 N–H and O–H groups in total. The maximum atomic E-state index is 5.86. The highest BCUT2D eigenvalue weighted by Crippen LogP contribution is 2.31. The number of benzene rings is 1. The Hall–Kier alpha value is -2.34. The number of hydrogen-bond acceptors (Lipinski definition) is 5. The minimum absolute atomic E-state index is 0.225. The van der Waals surface area contributed by atoms with Gasteiger partial charge in [0, 0.05) is 18.7 Å². The van der Waals surface area contributed by atoms with E-state index in [4.69, 9.17) is 9.47 Å². The van der Waals surface area contributed by atoms with E-state index in [1.807, 2.05) is 29.8 Å². The molecule has 0 aliphatic heterocycles. The highest BCUT2D eigenvalue weighted by Gasteiger charge is 2.11. The molecule has 2 rings (SSSR count). The van der Waals surface area contributed by atoms with Crippen LogP contribution in [0.3, 0.4) is 0 Å². The number of hydrogen-bond donors (Lipinski definition) is 1. The minimum atomic E-state index is 0.225. The molecular formula is C17H24N4O2. The lowest BCUT2D eigenvalue weighted by Gasteiger charge is -2.17. The lowest BCUT2D eigenvalue weighted by molar-refractivity contribution is 0.315. The summed E-state index contributed by atoms with van der Waals surface area (Å²) in [7, 11) is 1.65. The molecule has 6 nitrogen and oxygen atoms in total. The van der Waals surface area contributed by atoms with Gasteiger partial charge >= 0.3 is 0 Å². The summed E-state index contributed by atoms with van der Waals surface area (Å²) >= 11 is 0. The Balaban J connectivity index is 1.99. The van der Waals surface area contributed by atoms with Crippen LogP contribution in [0, 0.1) is 0 Å². The molecule has 1 aromatic heterocycles. The van der Waals surface area contributed by atoms with Crippen molar-refractivity contribution in [1.82, 2.24) is 20.1 Å². The van der Waals surface area contributed by atoms with E-state index in [9.17, 15) is 0 Å². The highest BCUT2D eigenvalue weighted by atomic mass is 16.5. The zero-order valence-electron chi connectivity index (χ0n) is 14.0. The summed E-state index contributed by atoms with van der Waals surface area (Å²) < 4.78 is 13.1. The van der Waals surface area contributed by atoms with Crippen molar-refractivity contribution in [2.24, 2.45) is 0 Å². The van der Waals surface area contributed by atoms with Crippen molar-refractivity contribution in [1.29, 1.82) is 0 Å². The first kappa shape index (κ1) is 17.0. The Morgan fingerprint density at radius 2 is 2.26 bits per heavy atom. The topological polar surface area (TPSA) is 61.2 Å². The van der Waals surface area contributed by atoms with Gasteiger partial charge in [0.25, 0.3) is 0 Å². The zero-order chi connectivity index (χ0) is 16.7. The molecule has 0 aliphatic carbocycles. The van der Waals surface area contributed by atoms with E-state index in [0.29, 0.717) is 13.2 Å². The first-order valence-electron chi connectivity index (χ1n) is 7.59. The average Bonchev–Trinajstić information content (AvgIpc) is 3.07. The second-order valence-electron chi connectivity index (χ2n) is 5.55. The van der Waals surface area contributed by atoms with E-state index in [1.54, 1.807) is 19.8 Å². The molecule has 0 saturated carbocycles. The van der Waals surface area contributed by atoms with E-state index in [-0.39, 0.29) is 6.04 Å². The molecule has 23 heavy (non-hydrogen) atoms. The standard InChI is InChI=1S/C17H24N4O2/c1-13(2)10-23-17-15(6-5-7-16(17)22-4)9-18-8-14(3)21-12-19-11-20-21/h5-7,11-12,14,18H,1,8-10H2,2-4H3/t14-/m1/s1. The van der Waals surface area contributed by atoms with Crippen molar-refractivity contribution in [2.75, 3.05) is 20.3 Å². The fourth-order valence-electron chi connectivity index (χ4n) is 2.17. The molecule has 0 saturated heterocycles. The first-order valence-corrected chi connectivity index (χ1v) is 7.59. The van der Waals surface area contributed by atoms with Gasteiger partial charge in [0.05, 0.1) is 13.2 Å². The van der Waals surface area contributed by atoms with Crippen molar-refractivity contribution in [3.8, 4) is 11.5 Å². The smallest absolute Gasteiger partial charge is 0.166 e. The summed E-state index contributed by atoms with van der Waals surface area (Å²) in [5.41, 5.74) is 2.02.